The lowest BCUT2D eigenvalue weighted by atomic mass is 9.98. The largest absolute Gasteiger partial charge is 0.467 e. The van der Waals surface area contributed by atoms with Crippen LogP contribution in [0.1, 0.15) is 42.8 Å². The first-order valence-electron chi connectivity index (χ1n) is 6.13. The van der Waals surface area contributed by atoms with Crippen LogP contribution in [0.25, 0.3) is 0 Å². The molecule has 0 spiro atoms. The van der Waals surface area contributed by atoms with Crippen molar-refractivity contribution in [2.24, 2.45) is 0 Å². The maximum atomic E-state index is 11.2. The Labute approximate surface area is 107 Å². The van der Waals surface area contributed by atoms with E-state index in [0.717, 1.165) is 0 Å². The van der Waals surface area contributed by atoms with Crippen molar-refractivity contribution in [3.8, 4) is 0 Å². The molecular formula is C13H21NO4. The molecule has 0 aliphatic carbocycles. The zero-order valence-electron chi connectivity index (χ0n) is 11.2. The average molecular weight is 255 g/mol. The van der Waals surface area contributed by atoms with Crippen LogP contribution in [0.4, 0.5) is 0 Å². The molecule has 0 aliphatic rings. The molecule has 1 aromatic heterocycles. The first-order chi connectivity index (χ1) is 8.54. The van der Waals surface area contributed by atoms with Gasteiger partial charge in [0.05, 0.1) is 24.8 Å². The molecule has 2 N–H and O–H groups in total. The summed E-state index contributed by atoms with van der Waals surface area (Å²) in [5.74, 6) is 0.230. The highest BCUT2D eigenvalue weighted by Crippen LogP contribution is 2.14. The Morgan fingerprint density at radius 3 is 2.72 bits per heavy atom. The number of methoxy groups -OCH3 is 1. The van der Waals surface area contributed by atoms with Gasteiger partial charge in [0, 0.05) is 6.54 Å². The second-order valence-corrected chi connectivity index (χ2v) is 4.33. The minimum absolute atomic E-state index is 0.399. The number of carbonyl (C=O) groups excluding carboxylic acids is 1. The molecule has 5 heteroatoms. The molecule has 102 valence electrons. The van der Waals surface area contributed by atoms with Crippen molar-refractivity contribution in [2.75, 3.05) is 13.7 Å². The van der Waals surface area contributed by atoms with E-state index in [0.29, 0.717) is 37.3 Å². The molecule has 0 saturated carbocycles. The van der Waals surface area contributed by atoms with Crippen molar-refractivity contribution in [3.63, 3.8) is 0 Å². The highest BCUT2D eigenvalue weighted by atomic mass is 16.5. The van der Waals surface area contributed by atoms with E-state index in [1.807, 2.05) is 13.8 Å². The third-order valence-corrected chi connectivity index (χ3v) is 3.14. The number of esters is 1. The van der Waals surface area contributed by atoms with Crippen LogP contribution in [0.3, 0.4) is 0 Å². The van der Waals surface area contributed by atoms with Crippen LogP contribution >= 0.6 is 0 Å². The topological polar surface area (TPSA) is 71.7 Å². The van der Waals surface area contributed by atoms with Crippen LogP contribution in [0.2, 0.25) is 0 Å². The summed E-state index contributed by atoms with van der Waals surface area (Å²) < 4.78 is 9.81. The zero-order valence-corrected chi connectivity index (χ0v) is 11.2. The van der Waals surface area contributed by atoms with Gasteiger partial charge in [0.15, 0.2) is 0 Å². The quantitative estimate of drug-likeness (QED) is 0.726. The van der Waals surface area contributed by atoms with Crippen molar-refractivity contribution in [1.82, 2.24) is 5.32 Å². The summed E-state index contributed by atoms with van der Waals surface area (Å²) in [6.07, 6.45) is 2.76. The third kappa shape index (κ3) is 3.85. The summed E-state index contributed by atoms with van der Waals surface area (Å²) in [7, 11) is 1.33. The van der Waals surface area contributed by atoms with Gasteiger partial charge in [-0.3, -0.25) is 0 Å². The molecule has 18 heavy (non-hydrogen) atoms. The maximum Gasteiger partial charge on any atom is 0.341 e. The summed E-state index contributed by atoms with van der Waals surface area (Å²) >= 11 is 0. The predicted octanol–water partition coefficient (Wildman–Crippen LogP) is 1.71. The number of carbonyl (C=O) groups is 1. The minimum atomic E-state index is -0.683. The Bertz CT molecular complexity index is 382. The average Bonchev–Trinajstić information content (AvgIpc) is 2.86. The van der Waals surface area contributed by atoms with Gasteiger partial charge in [-0.15, -0.1) is 0 Å². The predicted molar refractivity (Wildman–Crippen MR) is 67.3 cm³/mol. The fraction of sp³-hybridized carbons (Fsp3) is 0.615. The van der Waals surface area contributed by atoms with Gasteiger partial charge in [-0.05, 0) is 18.9 Å². The summed E-state index contributed by atoms with van der Waals surface area (Å²) in [4.78, 5) is 11.2. The maximum absolute atomic E-state index is 11.2. The van der Waals surface area contributed by atoms with Gasteiger partial charge in [0.25, 0.3) is 0 Å². The summed E-state index contributed by atoms with van der Waals surface area (Å²) in [6.45, 7) is 4.87. The van der Waals surface area contributed by atoms with E-state index in [2.05, 4.69) is 10.1 Å². The number of ether oxygens (including phenoxy) is 1. The Morgan fingerprint density at radius 2 is 2.17 bits per heavy atom. The van der Waals surface area contributed by atoms with Crippen LogP contribution in [0.5, 0.6) is 0 Å². The highest BCUT2D eigenvalue weighted by molar-refractivity contribution is 5.88. The van der Waals surface area contributed by atoms with Gasteiger partial charge in [0.1, 0.15) is 12.0 Å². The van der Waals surface area contributed by atoms with E-state index in [9.17, 15) is 9.90 Å². The molecule has 0 unspecified atom stereocenters. The SMILES string of the molecule is CCC(O)(CC)CNCc1cc(C(=O)OC)co1. The molecule has 0 atom stereocenters. The standard InChI is InChI=1S/C13H21NO4/c1-4-13(16,5-2)9-14-7-11-6-10(8-18-11)12(15)17-3/h6,8,14,16H,4-5,7,9H2,1-3H3. The molecule has 0 bridgehead atoms. The summed E-state index contributed by atoms with van der Waals surface area (Å²) in [5.41, 5.74) is -0.284. The third-order valence-electron chi connectivity index (χ3n) is 3.14. The molecule has 0 saturated heterocycles. The Balaban J connectivity index is 2.45. The fourth-order valence-electron chi connectivity index (χ4n) is 1.62. The van der Waals surface area contributed by atoms with Gasteiger partial charge >= 0.3 is 5.97 Å². The zero-order chi connectivity index (χ0) is 13.6. The molecule has 1 rings (SSSR count). The monoisotopic (exact) mass is 255 g/mol. The minimum Gasteiger partial charge on any atom is -0.467 e. The molecule has 0 radical (unpaired) electrons. The van der Waals surface area contributed by atoms with Gasteiger partial charge in [-0.1, -0.05) is 13.8 Å². The van der Waals surface area contributed by atoms with Gasteiger partial charge in [-0.25, -0.2) is 4.79 Å². The number of furan rings is 1. The lowest BCUT2D eigenvalue weighted by Gasteiger charge is -2.25. The first kappa shape index (κ1) is 14.7. The van der Waals surface area contributed by atoms with Crippen molar-refractivity contribution < 1.29 is 19.1 Å². The molecule has 0 aliphatic heterocycles. The van der Waals surface area contributed by atoms with Gasteiger partial charge in [0.2, 0.25) is 0 Å². The number of aliphatic hydroxyl groups is 1. The molecule has 1 aromatic rings. The van der Waals surface area contributed by atoms with E-state index in [1.165, 1.54) is 13.4 Å². The Hall–Kier alpha value is -1.33. The molecule has 5 nitrogen and oxygen atoms in total. The van der Waals surface area contributed by atoms with Crippen LogP contribution in [-0.4, -0.2) is 30.3 Å². The van der Waals surface area contributed by atoms with E-state index < -0.39 is 11.6 Å². The van der Waals surface area contributed by atoms with Crippen molar-refractivity contribution >= 4 is 5.97 Å². The molecular weight excluding hydrogens is 234 g/mol. The number of hydrogen-bond acceptors (Lipinski definition) is 5. The number of rotatable bonds is 7. The van der Waals surface area contributed by atoms with Crippen LogP contribution in [0.15, 0.2) is 16.7 Å². The second-order valence-electron chi connectivity index (χ2n) is 4.33. The summed E-state index contributed by atoms with van der Waals surface area (Å²) in [6, 6.07) is 1.63. The van der Waals surface area contributed by atoms with Crippen molar-refractivity contribution in [3.05, 3.63) is 23.7 Å². The normalized spacial score (nSPS) is 11.6. The van der Waals surface area contributed by atoms with Crippen molar-refractivity contribution in [2.45, 2.75) is 38.8 Å². The Morgan fingerprint density at radius 1 is 1.50 bits per heavy atom. The van der Waals surface area contributed by atoms with Crippen molar-refractivity contribution in [1.29, 1.82) is 0 Å². The smallest absolute Gasteiger partial charge is 0.341 e. The first-order valence-corrected chi connectivity index (χ1v) is 6.13. The molecule has 0 amide bonds. The van der Waals surface area contributed by atoms with E-state index in [1.54, 1.807) is 6.07 Å². The number of nitrogens with one attached hydrogen (secondary N) is 1. The van der Waals surface area contributed by atoms with Gasteiger partial charge < -0.3 is 19.6 Å². The number of hydrogen-bond donors (Lipinski definition) is 2. The van der Waals surface area contributed by atoms with Crippen LogP contribution in [0, 0.1) is 0 Å². The second kappa shape index (κ2) is 6.56. The van der Waals surface area contributed by atoms with Crippen LogP contribution in [-0.2, 0) is 11.3 Å². The van der Waals surface area contributed by atoms with E-state index in [4.69, 9.17) is 4.42 Å². The Kier molecular flexibility index (Phi) is 5.37. The highest BCUT2D eigenvalue weighted by Gasteiger charge is 2.21. The fourth-order valence-corrected chi connectivity index (χ4v) is 1.62. The van der Waals surface area contributed by atoms with E-state index in [-0.39, 0.29) is 0 Å². The molecule has 0 fully saturated rings. The lowest BCUT2D eigenvalue weighted by Crippen LogP contribution is -2.39. The van der Waals surface area contributed by atoms with E-state index >= 15 is 0 Å². The molecule has 0 aromatic carbocycles. The van der Waals surface area contributed by atoms with Gasteiger partial charge in [-0.2, -0.15) is 0 Å². The summed E-state index contributed by atoms with van der Waals surface area (Å²) in [5, 5.41) is 13.2. The van der Waals surface area contributed by atoms with Crippen LogP contribution < -0.4 is 5.32 Å². The molecule has 1 heterocycles. The lowest BCUT2D eigenvalue weighted by molar-refractivity contribution is 0.0319.